The predicted octanol–water partition coefficient (Wildman–Crippen LogP) is 0.902. The molecule has 0 bridgehead atoms. The highest BCUT2D eigenvalue weighted by Gasteiger charge is 2.44. The van der Waals surface area contributed by atoms with Crippen molar-refractivity contribution < 1.29 is 19.1 Å². The van der Waals surface area contributed by atoms with Crippen LogP contribution in [-0.4, -0.2) is 30.7 Å². The van der Waals surface area contributed by atoms with Crippen LogP contribution in [0.1, 0.15) is 20.8 Å². The fourth-order valence-electron chi connectivity index (χ4n) is 0.718. The predicted molar refractivity (Wildman–Crippen MR) is 46.8 cm³/mol. The van der Waals surface area contributed by atoms with E-state index in [-0.39, 0.29) is 13.2 Å². The Balaban J connectivity index is 4.69. The van der Waals surface area contributed by atoms with Crippen LogP contribution < -0.4 is 0 Å². The molecule has 0 aliphatic rings. The van der Waals surface area contributed by atoms with E-state index in [9.17, 15) is 9.59 Å². The van der Waals surface area contributed by atoms with E-state index in [0.717, 1.165) is 0 Å². The van der Waals surface area contributed by atoms with Gasteiger partial charge in [-0.05, 0) is 20.8 Å². The van der Waals surface area contributed by atoms with E-state index < -0.39 is 17.5 Å². The molecule has 0 aromatic rings. The molecule has 14 heavy (non-hydrogen) atoms. The lowest BCUT2D eigenvalue weighted by Gasteiger charge is -2.18. The molecule has 6 heteroatoms. The van der Waals surface area contributed by atoms with Crippen LogP contribution in [0.2, 0.25) is 0 Å². The van der Waals surface area contributed by atoms with Crippen molar-refractivity contribution in [2.24, 2.45) is 5.11 Å². The molecule has 0 fully saturated rings. The summed E-state index contributed by atoms with van der Waals surface area (Å²) in [5.74, 6) is -1.73. The van der Waals surface area contributed by atoms with Crippen LogP contribution in [0.15, 0.2) is 5.11 Å². The molecule has 6 nitrogen and oxygen atoms in total. The van der Waals surface area contributed by atoms with E-state index in [1.54, 1.807) is 13.8 Å². The first-order valence-corrected chi connectivity index (χ1v) is 4.26. The summed E-state index contributed by atoms with van der Waals surface area (Å²) in [5.41, 5.74) is 4.93. The molecule has 0 amide bonds. The summed E-state index contributed by atoms with van der Waals surface area (Å²) in [7, 11) is 0. The first-order chi connectivity index (χ1) is 6.52. The minimum atomic E-state index is -1.87. The van der Waals surface area contributed by atoms with Crippen molar-refractivity contribution in [3.63, 3.8) is 0 Å². The first-order valence-electron chi connectivity index (χ1n) is 4.26. The second-order valence-corrected chi connectivity index (χ2v) is 2.62. The molecule has 0 aromatic carbocycles. The standard InChI is InChI=1S/C8H14N2O4/c1-4-13-6(11)8(3,10-9)7(12)14-5-2/h9H,4-5H2,1-3H3. The van der Waals surface area contributed by atoms with Crippen molar-refractivity contribution in [2.75, 3.05) is 13.2 Å². The van der Waals surface area contributed by atoms with Gasteiger partial charge in [-0.1, -0.05) is 0 Å². The maximum absolute atomic E-state index is 11.3. The molecule has 0 aliphatic heterocycles. The van der Waals surface area contributed by atoms with Crippen molar-refractivity contribution in [2.45, 2.75) is 26.3 Å². The SMILES string of the molecule is CCOC(=O)C(C)(N=N)C(=O)OCC. The van der Waals surface area contributed by atoms with Gasteiger partial charge >= 0.3 is 11.9 Å². The number of hydrogen-bond donors (Lipinski definition) is 1. The van der Waals surface area contributed by atoms with Crippen molar-refractivity contribution in [3.05, 3.63) is 0 Å². The smallest absolute Gasteiger partial charge is 0.347 e. The third-order valence-corrected chi connectivity index (χ3v) is 1.57. The number of nitrogens with zero attached hydrogens (tertiary/aromatic N) is 1. The molecular weight excluding hydrogens is 188 g/mol. The topological polar surface area (TPSA) is 88.8 Å². The van der Waals surface area contributed by atoms with E-state index in [2.05, 4.69) is 14.6 Å². The largest absolute Gasteiger partial charge is 0.464 e. The van der Waals surface area contributed by atoms with Gasteiger partial charge in [-0.25, -0.2) is 15.1 Å². The zero-order valence-electron chi connectivity index (χ0n) is 8.49. The maximum atomic E-state index is 11.3. The average molecular weight is 202 g/mol. The Kier molecular flexibility index (Phi) is 4.76. The fourth-order valence-corrected chi connectivity index (χ4v) is 0.718. The maximum Gasteiger partial charge on any atom is 0.347 e. The lowest BCUT2D eigenvalue weighted by atomic mass is 10.1. The molecule has 0 aliphatic carbocycles. The van der Waals surface area contributed by atoms with Crippen molar-refractivity contribution in [1.29, 1.82) is 5.53 Å². The van der Waals surface area contributed by atoms with Gasteiger partial charge in [0.05, 0.1) is 13.2 Å². The third kappa shape index (κ3) is 2.51. The molecule has 1 N–H and O–H groups in total. The van der Waals surface area contributed by atoms with Crippen LogP contribution in [0.25, 0.3) is 0 Å². The van der Waals surface area contributed by atoms with Crippen molar-refractivity contribution >= 4 is 11.9 Å². The van der Waals surface area contributed by atoms with Crippen LogP contribution in [0, 0.1) is 5.53 Å². The number of rotatable bonds is 5. The third-order valence-electron chi connectivity index (χ3n) is 1.57. The Morgan fingerprint density at radius 3 is 1.79 bits per heavy atom. The Hall–Kier alpha value is -1.46. The van der Waals surface area contributed by atoms with Crippen LogP contribution in [0.4, 0.5) is 0 Å². The number of ether oxygens (including phenoxy) is 2. The van der Waals surface area contributed by atoms with E-state index in [4.69, 9.17) is 5.53 Å². The normalized spacial score (nSPS) is 10.5. The Morgan fingerprint density at radius 1 is 1.21 bits per heavy atom. The quantitative estimate of drug-likeness (QED) is 0.407. The monoisotopic (exact) mass is 202 g/mol. The minimum Gasteiger partial charge on any atom is -0.464 e. The highest BCUT2D eigenvalue weighted by molar-refractivity contribution is 6.04. The van der Waals surface area contributed by atoms with Crippen LogP contribution in [0.3, 0.4) is 0 Å². The van der Waals surface area contributed by atoms with Crippen LogP contribution in [0.5, 0.6) is 0 Å². The van der Waals surface area contributed by atoms with E-state index in [0.29, 0.717) is 0 Å². The van der Waals surface area contributed by atoms with Gasteiger partial charge in [0.2, 0.25) is 0 Å². The van der Waals surface area contributed by atoms with E-state index in [1.165, 1.54) is 6.92 Å². The zero-order chi connectivity index (χ0) is 11.2. The lowest BCUT2D eigenvalue weighted by Crippen LogP contribution is -2.44. The van der Waals surface area contributed by atoms with Gasteiger partial charge in [0.15, 0.2) is 0 Å². The van der Waals surface area contributed by atoms with Gasteiger partial charge < -0.3 is 9.47 Å². The Morgan fingerprint density at radius 2 is 1.57 bits per heavy atom. The van der Waals surface area contributed by atoms with Crippen molar-refractivity contribution in [1.82, 2.24) is 0 Å². The second-order valence-electron chi connectivity index (χ2n) is 2.62. The second kappa shape index (κ2) is 5.31. The van der Waals surface area contributed by atoms with Gasteiger partial charge in [-0.3, -0.25) is 0 Å². The summed E-state index contributed by atoms with van der Waals surface area (Å²) >= 11 is 0. The van der Waals surface area contributed by atoms with Crippen LogP contribution >= 0.6 is 0 Å². The van der Waals surface area contributed by atoms with E-state index >= 15 is 0 Å². The molecular formula is C8H14N2O4. The number of carbonyl (C=O) groups is 2. The summed E-state index contributed by atoms with van der Waals surface area (Å²) in [6.45, 7) is 4.66. The molecule has 0 heterocycles. The summed E-state index contributed by atoms with van der Waals surface area (Å²) in [4.78, 5) is 22.6. The van der Waals surface area contributed by atoms with Crippen LogP contribution in [-0.2, 0) is 19.1 Å². The van der Waals surface area contributed by atoms with E-state index in [1.807, 2.05) is 0 Å². The molecule has 0 radical (unpaired) electrons. The molecule has 0 atom stereocenters. The molecule has 80 valence electrons. The van der Waals surface area contributed by atoms with Gasteiger partial charge in [0.25, 0.3) is 5.54 Å². The summed E-state index contributed by atoms with van der Waals surface area (Å²) in [6.07, 6.45) is 0. The molecule has 0 rings (SSSR count). The molecule has 0 saturated carbocycles. The van der Waals surface area contributed by atoms with Crippen molar-refractivity contribution in [3.8, 4) is 0 Å². The number of carbonyl (C=O) groups excluding carboxylic acids is 2. The van der Waals surface area contributed by atoms with Gasteiger partial charge in [-0.15, -0.1) is 0 Å². The summed E-state index contributed by atoms with van der Waals surface area (Å²) < 4.78 is 9.22. The lowest BCUT2D eigenvalue weighted by molar-refractivity contribution is -0.163. The highest BCUT2D eigenvalue weighted by Crippen LogP contribution is 2.14. The van der Waals surface area contributed by atoms with Gasteiger partial charge in [-0.2, -0.15) is 5.11 Å². The molecule has 0 unspecified atom stereocenters. The highest BCUT2D eigenvalue weighted by atomic mass is 16.6. The number of esters is 2. The summed E-state index contributed by atoms with van der Waals surface area (Å²) in [6, 6.07) is 0. The Labute approximate surface area is 82.1 Å². The molecule has 0 saturated heterocycles. The molecule has 0 spiro atoms. The minimum absolute atomic E-state index is 0.128. The average Bonchev–Trinajstić information content (AvgIpc) is 2.17. The first kappa shape index (κ1) is 12.5. The fraction of sp³-hybridized carbons (Fsp3) is 0.750. The number of nitrogens with one attached hydrogen (secondary N) is 1. The summed E-state index contributed by atoms with van der Waals surface area (Å²) in [5, 5.41) is 2.96. The zero-order valence-corrected chi connectivity index (χ0v) is 8.49. The Bertz CT molecular complexity index is 221. The van der Waals surface area contributed by atoms with Gasteiger partial charge in [0.1, 0.15) is 0 Å². The molecule has 0 aromatic heterocycles. The van der Waals surface area contributed by atoms with Gasteiger partial charge in [0, 0.05) is 0 Å². The number of hydrogen-bond acceptors (Lipinski definition) is 6.